The van der Waals surface area contributed by atoms with Gasteiger partial charge in [0.2, 0.25) is 0 Å². The second-order valence-corrected chi connectivity index (χ2v) is 34.9. The van der Waals surface area contributed by atoms with Gasteiger partial charge in [0.1, 0.15) is 28.7 Å². The van der Waals surface area contributed by atoms with E-state index in [0.29, 0.717) is 148 Å². The lowest BCUT2D eigenvalue weighted by molar-refractivity contribution is 0.0230. The fourth-order valence-corrected chi connectivity index (χ4v) is 16.1. The number of hydrogen-bond acceptors (Lipinski definition) is 18. The molecule has 6 aromatic carbocycles. The minimum absolute atomic E-state index is 0.0236. The summed E-state index contributed by atoms with van der Waals surface area (Å²) >= 11 is 18.2. The predicted molar refractivity (Wildman–Crippen MR) is 498 cm³/mol. The number of aromatic amines is 3. The second kappa shape index (κ2) is 39.8. The van der Waals surface area contributed by atoms with Crippen LogP contribution in [0.5, 0.6) is 0 Å². The lowest BCUT2D eigenvalue weighted by atomic mass is 10.0. The first kappa shape index (κ1) is 90.3. The van der Waals surface area contributed by atoms with Crippen molar-refractivity contribution in [3.8, 4) is 0 Å². The SMILES string of the molecule is CC(C)(C)OC(=O)N1CCN(c2cnc3ccc(Cc4cc(C(=O)NCc5cc6c(Cl)c[nH]c6cc5F)ccn4)cc3c2)CC1.CC(C)(C)OC(=O)N1CCN(c2cnc3ccc(Cc4cc(C(=O)O)ccn4)cc3c2)CC1.NCc1cc2c(Cl)c[nH]c2cc1F.O=C(NCc1cc2c(Cl)c[nH]c2cc1F)c1ccnc(Cc2ccc3ncc(N4CCNCC4)cc3c2)c1. The zero-order valence-electron chi connectivity index (χ0n) is 71.8. The molecule has 3 aliphatic heterocycles. The average Bonchev–Trinajstić information content (AvgIpc) is 1.63. The highest BCUT2D eigenvalue weighted by Crippen LogP contribution is 2.33. The van der Waals surface area contributed by atoms with Crippen LogP contribution in [0.15, 0.2) is 201 Å². The van der Waals surface area contributed by atoms with Crippen LogP contribution < -0.4 is 36.4 Å². The maximum absolute atomic E-state index is 14.6. The number of aromatic carboxylic acids is 1. The number of carbonyl (C=O) groups is 5. The van der Waals surface area contributed by atoms with Crippen molar-refractivity contribution in [1.82, 2.24) is 70.6 Å². The smallest absolute Gasteiger partial charge is 0.410 e. The van der Waals surface area contributed by atoms with Crippen LogP contribution in [-0.2, 0) is 48.4 Å². The molecule has 32 heteroatoms. The summed E-state index contributed by atoms with van der Waals surface area (Å²) in [5.74, 6) is -2.70. The molecule has 0 aliphatic carbocycles. The number of carbonyl (C=O) groups excluding carboxylic acids is 4. The molecule has 0 radical (unpaired) electrons. The quantitative estimate of drug-likeness (QED) is 0.0420. The van der Waals surface area contributed by atoms with Gasteiger partial charge in [0.25, 0.3) is 11.8 Å². The van der Waals surface area contributed by atoms with Crippen molar-refractivity contribution in [3.05, 3.63) is 301 Å². The van der Waals surface area contributed by atoms with Gasteiger partial charge in [-0.1, -0.05) is 53.0 Å². The Kier molecular flexibility index (Phi) is 27.9. The maximum atomic E-state index is 14.6. The Balaban J connectivity index is 0.000000140. The highest BCUT2D eigenvalue weighted by Gasteiger charge is 2.29. The van der Waals surface area contributed by atoms with Gasteiger partial charge >= 0.3 is 18.2 Å². The Hall–Kier alpha value is -13.5. The van der Waals surface area contributed by atoms with Crippen molar-refractivity contribution in [2.45, 2.75) is 91.6 Å². The molecule has 18 rings (SSSR count). The number of pyridine rings is 6. The number of nitrogens with one attached hydrogen (secondary N) is 6. The Morgan fingerprint density at radius 2 is 0.760 bits per heavy atom. The molecule has 4 amide bonds. The summed E-state index contributed by atoms with van der Waals surface area (Å²) < 4.78 is 53.2. The van der Waals surface area contributed by atoms with Crippen LogP contribution in [0.4, 0.5) is 39.8 Å². The number of amides is 4. The Morgan fingerprint density at radius 1 is 0.426 bits per heavy atom. The van der Waals surface area contributed by atoms with E-state index in [1.807, 2.05) is 96.5 Å². The number of anilines is 3. The fourth-order valence-electron chi connectivity index (χ4n) is 15.4. The van der Waals surface area contributed by atoms with Gasteiger partial charge in [-0.2, -0.15) is 0 Å². The van der Waals surface area contributed by atoms with Gasteiger partial charge in [0.15, 0.2) is 0 Å². The highest BCUT2D eigenvalue weighted by molar-refractivity contribution is 6.36. The topological polar surface area (TPSA) is 327 Å². The summed E-state index contributed by atoms with van der Waals surface area (Å²) in [6, 6.07) is 43.8. The first-order valence-corrected chi connectivity index (χ1v) is 43.4. The third-order valence-corrected chi connectivity index (χ3v) is 23.1. The van der Waals surface area contributed by atoms with Crippen LogP contribution in [0.1, 0.15) is 123 Å². The molecule has 3 saturated heterocycles. The molecule has 129 heavy (non-hydrogen) atoms. The fraction of sp³-hybridized carbons (Fsp3) is 0.268. The normalized spacial score (nSPS) is 13.7. The molecule has 0 saturated carbocycles. The van der Waals surface area contributed by atoms with E-state index in [1.165, 1.54) is 30.5 Å². The molecular weight excluding hydrogens is 1710 g/mol. The average molecular weight is 1810 g/mol. The van der Waals surface area contributed by atoms with Gasteiger partial charge in [0.05, 0.1) is 72.8 Å². The largest absolute Gasteiger partial charge is 0.478 e. The molecule has 664 valence electrons. The number of hydrogen-bond donors (Lipinski definition) is 8. The van der Waals surface area contributed by atoms with E-state index in [4.69, 9.17) is 50.0 Å². The Labute approximate surface area is 756 Å². The number of fused-ring (bicyclic) bond motifs is 6. The number of nitrogens with zero attached hydrogens (tertiary/aromatic N) is 11. The minimum Gasteiger partial charge on any atom is -0.478 e. The molecule has 26 nitrogen and oxygen atoms in total. The zero-order chi connectivity index (χ0) is 90.8. The number of halogens is 6. The predicted octanol–water partition coefficient (Wildman–Crippen LogP) is 17.7. The van der Waals surface area contributed by atoms with Crippen LogP contribution in [0.2, 0.25) is 15.1 Å². The summed E-state index contributed by atoms with van der Waals surface area (Å²) in [5.41, 5.74) is 19.8. The van der Waals surface area contributed by atoms with Gasteiger partial charge in [-0.05, 0) is 186 Å². The number of aromatic nitrogens is 9. The van der Waals surface area contributed by atoms with E-state index < -0.39 is 28.8 Å². The third kappa shape index (κ3) is 22.9. The zero-order valence-corrected chi connectivity index (χ0v) is 74.1. The van der Waals surface area contributed by atoms with Crippen molar-refractivity contribution in [3.63, 3.8) is 0 Å². The molecule has 3 aliphatic rings. The van der Waals surface area contributed by atoms with Crippen LogP contribution in [0.25, 0.3) is 65.4 Å². The van der Waals surface area contributed by atoms with Gasteiger partial charge in [-0.25, -0.2) is 27.6 Å². The van der Waals surface area contributed by atoms with Crippen molar-refractivity contribution in [1.29, 1.82) is 0 Å². The summed E-state index contributed by atoms with van der Waals surface area (Å²) in [4.78, 5) is 108. The van der Waals surface area contributed by atoms with Crippen LogP contribution in [0, 0.1) is 17.5 Å². The molecule has 9 N–H and O–H groups in total. The van der Waals surface area contributed by atoms with Gasteiger partial charge < -0.3 is 75.7 Å². The third-order valence-electron chi connectivity index (χ3n) is 22.1. The van der Waals surface area contributed by atoms with E-state index in [1.54, 1.807) is 89.3 Å². The molecule has 0 spiro atoms. The van der Waals surface area contributed by atoms with Crippen molar-refractivity contribution in [2.75, 3.05) is 93.2 Å². The second-order valence-electron chi connectivity index (χ2n) is 33.7. The lowest BCUT2D eigenvalue weighted by Crippen LogP contribution is -2.50. The molecule has 9 aromatic heterocycles. The molecule has 0 unspecified atom stereocenters. The number of benzene rings is 6. The molecule has 15 aromatic rings. The van der Waals surface area contributed by atoms with Crippen molar-refractivity contribution >= 4 is 147 Å². The summed E-state index contributed by atoms with van der Waals surface area (Å²) in [6.45, 7) is 20.5. The number of carboxylic acid groups (broad SMARTS) is 1. The highest BCUT2D eigenvalue weighted by atomic mass is 35.5. The molecule has 0 atom stereocenters. The van der Waals surface area contributed by atoms with Crippen molar-refractivity contribution in [2.24, 2.45) is 5.73 Å². The molecule has 12 heterocycles. The number of rotatable bonds is 17. The number of H-pyrrole nitrogens is 3. The van der Waals surface area contributed by atoms with E-state index in [-0.39, 0.29) is 55.0 Å². The minimum atomic E-state index is -0.960. The monoisotopic (exact) mass is 1800 g/mol. The Bertz CT molecular complexity index is 6680. The lowest BCUT2D eigenvalue weighted by Gasteiger charge is -2.36. The van der Waals surface area contributed by atoms with Crippen LogP contribution >= 0.6 is 34.8 Å². The van der Waals surface area contributed by atoms with Crippen LogP contribution in [0.3, 0.4) is 0 Å². The number of carboxylic acids is 1. The standard InChI is InChI=1S/C34H34ClFN6O3.C29H26ClFN6O.C25H28N4O4.C9H8ClFN2/c1-34(2,3)45-33(44)42-10-8-41(9-11-42)26-15-23-12-21(4-5-30(23)38-19-26)13-25-14-22(6-7-37-25)32(43)40-18-24-16-27-28(35)20-39-31(27)17-29(24)36;30-25-17-35-28-14-26(31)21(13-24(25)28)15-36-29(38)19-3-4-33-22(11-19)10-18-1-2-27-20(9-18)12-23(16-34-27)37-7-5-32-6-8-37;1-25(2,3)33-24(32)29-10-8-28(9-11-29)21-15-19-12-17(4-5-22(19)27-16-21)13-20-14-18(23(30)31)6-7-26-20;10-7-4-13-9-2-8(11)5(3-12)1-6(7)9/h4-7,12,14-17,19-20,39H,8-11,13,18H2,1-3H3,(H,40,43);1-4,9,11-14,16-17,32,35H,5-8,10,15H2,(H,36,38);4-7,12,14-16H,8-11,13H2,1-3H3,(H,30,31);1-2,4,13H,3,12H2. The maximum Gasteiger partial charge on any atom is 0.410 e. The van der Waals surface area contributed by atoms with E-state index >= 15 is 0 Å². The first-order valence-electron chi connectivity index (χ1n) is 42.2. The molecular formula is C97H96Cl3F3N18O8. The van der Waals surface area contributed by atoms with Gasteiger partial charge in [0, 0.05) is 248 Å². The number of ether oxygens (including phenoxy) is 2. The van der Waals surface area contributed by atoms with E-state index in [0.717, 1.165) is 109 Å². The number of nitrogens with two attached hydrogens (primary N) is 1. The van der Waals surface area contributed by atoms with Crippen LogP contribution in [-0.4, -0.2) is 179 Å². The number of piperazine rings is 3. The Morgan fingerprint density at radius 3 is 1.11 bits per heavy atom. The summed E-state index contributed by atoms with van der Waals surface area (Å²) in [7, 11) is 0. The van der Waals surface area contributed by atoms with E-state index in [9.17, 15) is 42.3 Å². The first-order chi connectivity index (χ1) is 61.9. The van der Waals surface area contributed by atoms with Crippen molar-refractivity contribution < 1.29 is 51.7 Å². The van der Waals surface area contributed by atoms with Gasteiger partial charge in [-0.15, -0.1) is 0 Å². The molecule has 0 bridgehead atoms. The summed E-state index contributed by atoms with van der Waals surface area (Å²) in [6.07, 6.45) is 16.4. The summed E-state index contributed by atoms with van der Waals surface area (Å²) in [5, 5.41) is 25.1. The van der Waals surface area contributed by atoms with E-state index in [2.05, 4.69) is 112 Å². The van der Waals surface area contributed by atoms with Gasteiger partial charge in [-0.3, -0.25) is 39.5 Å². The molecule has 3 fully saturated rings.